The van der Waals surface area contributed by atoms with E-state index in [4.69, 9.17) is 0 Å². The fraction of sp³-hybridized carbons (Fsp3) is 0.412. The molecule has 0 spiro atoms. The molecule has 1 aliphatic heterocycles. The van der Waals surface area contributed by atoms with Crippen molar-refractivity contribution in [3.63, 3.8) is 0 Å². The Hall–Kier alpha value is -1.39. The van der Waals surface area contributed by atoms with Gasteiger partial charge in [0.15, 0.2) is 0 Å². The Morgan fingerprint density at radius 2 is 1.57 bits per heavy atom. The van der Waals surface area contributed by atoms with Crippen LogP contribution in [0.5, 0.6) is 0 Å². The first-order valence-electron chi connectivity index (χ1n) is 7.56. The van der Waals surface area contributed by atoms with E-state index >= 15 is 0 Å². The molecule has 3 nitrogen and oxygen atoms in total. The third-order valence-corrected chi connectivity index (χ3v) is 6.33. The van der Waals surface area contributed by atoms with Gasteiger partial charge in [0.05, 0.1) is 4.90 Å². The average molecular weight is 303 g/mol. The number of benzene rings is 1. The first kappa shape index (κ1) is 14.5. The van der Waals surface area contributed by atoms with Crippen molar-refractivity contribution in [2.24, 2.45) is 11.8 Å². The van der Waals surface area contributed by atoms with Gasteiger partial charge in [0, 0.05) is 13.1 Å². The van der Waals surface area contributed by atoms with E-state index in [1.54, 1.807) is 28.6 Å². The van der Waals surface area contributed by atoms with Crippen molar-refractivity contribution >= 4 is 10.0 Å². The van der Waals surface area contributed by atoms with Crippen LogP contribution in [0.1, 0.15) is 19.3 Å². The van der Waals surface area contributed by atoms with Crippen LogP contribution < -0.4 is 0 Å². The largest absolute Gasteiger partial charge is 0.243 e. The molecule has 1 heterocycles. The molecule has 2 aliphatic rings. The van der Waals surface area contributed by atoms with Crippen LogP contribution in [-0.4, -0.2) is 25.8 Å². The zero-order valence-corrected chi connectivity index (χ0v) is 12.9. The van der Waals surface area contributed by atoms with E-state index in [0.717, 1.165) is 19.3 Å². The summed E-state index contributed by atoms with van der Waals surface area (Å²) in [5, 5.41) is 0. The molecule has 21 heavy (non-hydrogen) atoms. The van der Waals surface area contributed by atoms with Crippen molar-refractivity contribution in [2.75, 3.05) is 13.1 Å². The lowest BCUT2D eigenvalue weighted by Crippen LogP contribution is -2.39. The first-order valence-corrected chi connectivity index (χ1v) is 9.00. The fourth-order valence-electron chi connectivity index (χ4n) is 3.17. The lowest BCUT2D eigenvalue weighted by atomic mass is 9.83. The minimum atomic E-state index is -3.32. The van der Waals surface area contributed by atoms with Crippen LogP contribution in [0.25, 0.3) is 0 Å². The Bertz CT molecular complexity index is 614. The maximum absolute atomic E-state index is 12.6. The topological polar surface area (TPSA) is 37.4 Å². The molecule has 1 aromatic carbocycles. The van der Waals surface area contributed by atoms with Crippen molar-refractivity contribution in [3.8, 4) is 0 Å². The summed E-state index contributed by atoms with van der Waals surface area (Å²) in [6.45, 7) is 1.25. The summed E-state index contributed by atoms with van der Waals surface area (Å²) in [4.78, 5) is 0.404. The maximum atomic E-state index is 12.6. The molecule has 1 aromatic rings. The Kier molecular flexibility index (Phi) is 4.27. The third-order valence-electron chi connectivity index (χ3n) is 4.41. The molecule has 4 heteroatoms. The number of rotatable bonds is 3. The summed E-state index contributed by atoms with van der Waals surface area (Å²) >= 11 is 0. The highest BCUT2D eigenvalue weighted by molar-refractivity contribution is 7.89. The van der Waals surface area contributed by atoms with Gasteiger partial charge in [-0.3, -0.25) is 0 Å². The zero-order chi connectivity index (χ0) is 14.7. The minimum absolute atomic E-state index is 0.404. The molecule has 1 fully saturated rings. The van der Waals surface area contributed by atoms with Crippen LogP contribution in [0.4, 0.5) is 0 Å². The molecule has 0 aromatic heterocycles. The SMILES string of the molecule is O=S(=O)(c1ccccc1)N1CCC(C2C=CCC=C2)CC1. The van der Waals surface area contributed by atoms with Gasteiger partial charge in [0.1, 0.15) is 0 Å². The van der Waals surface area contributed by atoms with Gasteiger partial charge in [-0.1, -0.05) is 42.5 Å². The van der Waals surface area contributed by atoms with Gasteiger partial charge in [-0.2, -0.15) is 4.31 Å². The standard InChI is InChI=1S/C17H21NO2S/c19-21(20,17-9-5-2-6-10-17)18-13-11-16(12-14-18)15-7-3-1-4-8-15/h2-10,15-16H,1,11-14H2. The van der Waals surface area contributed by atoms with Crippen LogP contribution in [0, 0.1) is 11.8 Å². The van der Waals surface area contributed by atoms with E-state index in [1.807, 2.05) is 6.07 Å². The van der Waals surface area contributed by atoms with Crippen LogP contribution in [0.3, 0.4) is 0 Å². The highest BCUT2D eigenvalue weighted by Crippen LogP contribution is 2.31. The van der Waals surface area contributed by atoms with Crippen molar-refractivity contribution < 1.29 is 8.42 Å². The Balaban J connectivity index is 1.67. The molecule has 0 bridgehead atoms. The van der Waals surface area contributed by atoms with Gasteiger partial charge in [0.25, 0.3) is 0 Å². The highest BCUT2D eigenvalue weighted by Gasteiger charge is 2.31. The lowest BCUT2D eigenvalue weighted by Gasteiger charge is -2.34. The van der Waals surface area contributed by atoms with Gasteiger partial charge in [-0.25, -0.2) is 8.42 Å². The molecule has 0 unspecified atom stereocenters. The van der Waals surface area contributed by atoms with Crippen LogP contribution >= 0.6 is 0 Å². The summed E-state index contributed by atoms with van der Waals surface area (Å²) in [6, 6.07) is 8.74. The molecular weight excluding hydrogens is 282 g/mol. The number of hydrogen-bond acceptors (Lipinski definition) is 2. The van der Waals surface area contributed by atoms with Gasteiger partial charge in [-0.15, -0.1) is 0 Å². The lowest BCUT2D eigenvalue weighted by molar-refractivity contribution is 0.250. The van der Waals surface area contributed by atoms with Crippen molar-refractivity contribution in [1.29, 1.82) is 0 Å². The molecule has 0 amide bonds. The number of hydrogen-bond donors (Lipinski definition) is 0. The Morgan fingerprint density at radius 1 is 0.952 bits per heavy atom. The summed E-state index contributed by atoms with van der Waals surface area (Å²) in [5.74, 6) is 1.06. The fourth-order valence-corrected chi connectivity index (χ4v) is 4.66. The monoisotopic (exact) mass is 303 g/mol. The van der Waals surface area contributed by atoms with E-state index in [9.17, 15) is 8.42 Å². The van der Waals surface area contributed by atoms with Gasteiger partial charge in [0.2, 0.25) is 10.0 Å². The second kappa shape index (κ2) is 6.16. The second-order valence-corrected chi connectivity index (χ2v) is 7.66. The van der Waals surface area contributed by atoms with E-state index in [0.29, 0.717) is 29.8 Å². The molecule has 3 rings (SSSR count). The molecule has 112 valence electrons. The summed E-state index contributed by atoms with van der Waals surface area (Å²) in [5.41, 5.74) is 0. The van der Waals surface area contributed by atoms with Crippen LogP contribution in [0.15, 0.2) is 59.5 Å². The zero-order valence-electron chi connectivity index (χ0n) is 12.1. The molecule has 1 aliphatic carbocycles. The Labute approximate surface area is 127 Å². The molecule has 0 saturated carbocycles. The first-order chi connectivity index (χ1) is 10.2. The number of allylic oxidation sites excluding steroid dienone is 4. The maximum Gasteiger partial charge on any atom is 0.243 e. The van der Waals surface area contributed by atoms with Crippen molar-refractivity contribution in [2.45, 2.75) is 24.2 Å². The molecule has 1 saturated heterocycles. The third kappa shape index (κ3) is 3.11. The smallest absolute Gasteiger partial charge is 0.207 e. The second-order valence-electron chi connectivity index (χ2n) is 5.72. The predicted octanol–water partition coefficient (Wildman–Crippen LogP) is 3.22. The molecular formula is C17H21NO2S. The number of nitrogens with zero attached hydrogens (tertiary/aromatic N) is 1. The summed E-state index contributed by atoms with van der Waals surface area (Å²) < 4.78 is 26.8. The van der Waals surface area contributed by atoms with Gasteiger partial charge >= 0.3 is 0 Å². The normalized spacial score (nSPS) is 21.7. The van der Waals surface area contributed by atoms with Gasteiger partial charge < -0.3 is 0 Å². The van der Waals surface area contributed by atoms with E-state index in [1.165, 1.54) is 0 Å². The molecule has 0 atom stereocenters. The van der Waals surface area contributed by atoms with Crippen molar-refractivity contribution in [3.05, 3.63) is 54.6 Å². The minimum Gasteiger partial charge on any atom is -0.207 e. The number of sulfonamides is 1. The van der Waals surface area contributed by atoms with Crippen molar-refractivity contribution in [1.82, 2.24) is 4.31 Å². The quantitative estimate of drug-likeness (QED) is 0.804. The molecule has 0 N–H and O–H groups in total. The Morgan fingerprint density at radius 3 is 2.19 bits per heavy atom. The van der Waals surface area contributed by atoms with Crippen LogP contribution in [0.2, 0.25) is 0 Å². The summed E-state index contributed by atoms with van der Waals surface area (Å²) in [6.07, 6.45) is 11.8. The highest BCUT2D eigenvalue weighted by atomic mass is 32.2. The number of piperidine rings is 1. The molecule has 0 radical (unpaired) electrons. The predicted molar refractivity (Wildman–Crippen MR) is 84.3 cm³/mol. The average Bonchev–Trinajstić information content (AvgIpc) is 2.57. The van der Waals surface area contributed by atoms with Gasteiger partial charge in [-0.05, 0) is 43.2 Å². The van der Waals surface area contributed by atoms with E-state index in [-0.39, 0.29) is 0 Å². The van der Waals surface area contributed by atoms with Crippen LogP contribution in [-0.2, 0) is 10.0 Å². The van der Waals surface area contributed by atoms with E-state index < -0.39 is 10.0 Å². The van der Waals surface area contributed by atoms with E-state index in [2.05, 4.69) is 24.3 Å². The summed E-state index contributed by atoms with van der Waals surface area (Å²) in [7, 11) is -3.32.